The summed E-state index contributed by atoms with van der Waals surface area (Å²) in [5.41, 5.74) is 5.89. The number of rotatable bonds is 2. The van der Waals surface area contributed by atoms with Crippen molar-refractivity contribution in [2.24, 2.45) is 5.73 Å². The van der Waals surface area contributed by atoms with E-state index in [1.807, 2.05) is 6.92 Å². The maximum atomic E-state index is 9.73. The van der Waals surface area contributed by atoms with Gasteiger partial charge >= 0.3 is 0 Å². The van der Waals surface area contributed by atoms with Gasteiger partial charge in [-0.25, -0.2) is 0 Å². The smallest absolute Gasteiger partial charge is 0.195 e. The van der Waals surface area contributed by atoms with E-state index >= 15 is 0 Å². The molecular formula is C12H27NO3Si. The third-order valence-electron chi connectivity index (χ3n) is 3.98. The minimum atomic E-state index is -1.84. The summed E-state index contributed by atoms with van der Waals surface area (Å²) in [5.74, 6) is 0. The number of hydrogen-bond donors (Lipinski definition) is 2. The summed E-state index contributed by atoms with van der Waals surface area (Å²) in [4.78, 5) is 0. The summed E-state index contributed by atoms with van der Waals surface area (Å²) in [6, 6.07) is -0.256. The van der Waals surface area contributed by atoms with Gasteiger partial charge in [0, 0.05) is 12.5 Å². The highest BCUT2D eigenvalue weighted by Crippen LogP contribution is 2.38. The Balaban J connectivity index is 2.65. The Labute approximate surface area is 106 Å². The first-order valence-electron chi connectivity index (χ1n) is 6.31. The molecule has 0 amide bonds. The van der Waals surface area contributed by atoms with Crippen molar-refractivity contribution in [2.45, 2.75) is 76.8 Å². The lowest BCUT2D eigenvalue weighted by atomic mass is 10.0. The Morgan fingerprint density at radius 1 is 1.35 bits per heavy atom. The fourth-order valence-corrected chi connectivity index (χ4v) is 2.83. The summed E-state index contributed by atoms with van der Waals surface area (Å²) in [6.07, 6.45) is -0.551. The summed E-state index contributed by atoms with van der Waals surface area (Å²) in [5, 5.41) is 9.88. The molecule has 17 heavy (non-hydrogen) atoms. The monoisotopic (exact) mass is 261 g/mol. The van der Waals surface area contributed by atoms with Crippen LogP contribution in [0.15, 0.2) is 0 Å². The molecule has 0 radical (unpaired) electrons. The molecule has 0 aromatic rings. The molecule has 102 valence electrons. The van der Waals surface area contributed by atoms with Gasteiger partial charge in [0.05, 0.1) is 12.2 Å². The SMILES string of the molecule is C[C@H]1O[C@@H](O[Si](C)(C)C(C)(C)C)C[C@@H](N)[C@H]1O. The van der Waals surface area contributed by atoms with Gasteiger partial charge in [-0.2, -0.15) is 0 Å². The Kier molecular flexibility index (Phi) is 4.42. The molecule has 0 bridgehead atoms. The standard InChI is InChI=1S/C12H27NO3Si/c1-8-11(14)9(13)7-10(15-8)16-17(5,6)12(2,3)4/h8-11,14H,7,13H2,1-6H3/t8-,9-,10+,11+/m1/s1. The van der Waals surface area contributed by atoms with Gasteiger partial charge in [0.2, 0.25) is 0 Å². The van der Waals surface area contributed by atoms with E-state index in [1.165, 1.54) is 0 Å². The third-order valence-corrected chi connectivity index (χ3v) is 8.45. The number of hydrogen-bond acceptors (Lipinski definition) is 4. The number of aliphatic hydroxyl groups excluding tert-OH is 1. The van der Waals surface area contributed by atoms with Crippen LogP contribution in [0.5, 0.6) is 0 Å². The molecule has 4 nitrogen and oxygen atoms in total. The number of nitrogens with two attached hydrogens (primary N) is 1. The molecule has 0 saturated carbocycles. The predicted octanol–water partition coefficient (Wildman–Crippen LogP) is 1.83. The number of aliphatic hydroxyl groups is 1. The van der Waals surface area contributed by atoms with Crippen molar-refractivity contribution in [1.82, 2.24) is 0 Å². The Hall–Kier alpha value is 0.0569. The van der Waals surface area contributed by atoms with E-state index in [1.54, 1.807) is 0 Å². The highest BCUT2D eigenvalue weighted by atomic mass is 28.4. The predicted molar refractivity (Wildman–Crippen MR) is 71.2 cm³/mol. The quantitative estimate of drug-likeness (QED) is 0.744. The fourth-order valence-electron chi connectivity index (χ4n) is 1.67. The zero-order chi connectivity index (χ0) is 13.4. The Morgan fingerprint density at radius 2 is 1.88 bits per heavy atom. The van der Waals surface area contributed by atoms with Crippen molar-refractivity contribution in [3.63, 3.8) is 0 Å². The summed E-state index contributed by atoms with van der Waals surface area (Å²) in [7, 11) is -1.84. The molecule has 1 rings (SSSR count). The van der Waals surface area contributed by atoms with Crippen molar-refractivity contribution in [1.29, 1.82) is 0 Å². The first kappa shape index (κ1) is 15.1. The number of ether oxygens (including phenoxy) is 1. The lowest BCUT2D eigenvalue weighted by Crippen LogP contribution is -2.55. The van der Waals surface area contributed by atoms with E-state index < -0.39 is 14.4 Å². The van der Waals surface area contributed by atoms with Crippen molar-refractivity contribution in [2.75, 3.05) is 0 Å². The van der Waals surface area contributed by atoms with Crippen LogP contribution in [-0.2, 0) is 9.16 Å². The first-order valence-corrected chi connectivity index (χ1v) is 9.22. The van der Waals surface area contributed by atoms with E-state index in [0.717, 1.165) is 0 Å². The van der Waals surface area contributed by atoms with Gasteiger partial charge in [0.25, 0.3) is 0 Å². The zero-order valence-corrected chi connectivity index (χ0v) is 12.9. The minimum absolute atomic E-state index is 0.153. The van der Waals surface area contributed by atoms with Crippen LogP contribution in [0.2, 0.25) is 18.1 Å². The van der Waals surface area contributed by atoms with E-state index in [2.05, 4.69) is 33.9 Å². The molecule has 1 aliphatic heterocycles. The van der Waals surface area contributed by atoms with Crippen LogP contribution in [0.3, 0.4) is 0 Å². The van der Waals surface area contributed by atoms with Gasteiger partial charge in [-0.3, -0.25) is 0 Å². The van der Waals surface area contributed by atoms with Crippen molar-refractivity contribution in [3.8, 4) is 0 Å². The van der Waals surface area contributed by atoms with Gasteiger partial charge in [0.15, 0.2) is 8.32 Å². The highest BCUT2D eigenvalue weighted by molar-refractivity contribution is 6.74. The van der Waals surface area contributed by atoms with Gasteiger partial charge in [-0.15, -0.1) is 0 Å². The van der Waals surface area contributed by atoms with Crippen molar-refractivity contribution < 1.29 is 14.3 Å². The summed E-state index contributed by atoms with van der Waals surface area (Å²) in [6.45, 7) is 12.8. The summed E-state index contributed by atoms with van der Waals surface area (Å²) >= 11 is 0. The minimum Gasteiger partial charge on any atom is -0.392 e. The molecule has 1 saturated heterocycles. The molecule has 0 aliphatic carbocycles. The maximum Gasteiger partial charge on any atom is 0.195 e. The highest BCUT2D eigenvalue weighted by Gasteiger charge is 2.42. The largest absolute Gasteiger partial charge is 0.392 e. The molecule has 0 aromatic carbocycles. The van der Waals surface area contributed by atoms with Gasteiger partial charge in [0.1, 0.15) is 6.29 Å². The topological polar surface area (TPSA) is 64.7 Å². The van der Waals surface area contributed by atoms with E-state index in [0.29, 0.717) is 6.42 Å². The fraction of sp³-hybridized carbons (Fsp3) is 1.00. The first-order chi connectivity index (χ1) is 7.54. The van der Waals surface area contributed by atoms with Crippen LogP contribution in [0, 0.1) is 0 Å². The Morgan fingerprint density at radius 3 is 2.29 bits per heavy atom. The van der Waals surface area contributed by atoms with Crippen LogP contribution < -0.4 is 5.73 Å². The van der Waals surface area contributed by atoms with Crippen LogP contribution in [0.4, 0.5) is 0 Å². The second-order valence-corrected chi connectivity index (χ2v) is 11.3. The average molecular weight is 261 g/mol. The molecule has 1 fully saturated rings. The van der Waals surface area contributed by atoms with E-state index in [4.69, 9.17) is 14.9 Å². The molecular weight excluding hydrogens is 234 g/mol. The average Bonchev–Trinajstić information content (AvgIpc) is 2.11. The molecule has 1 heterocycles. The second-order valence-electron chi connectivity index (χ2n) is 6.54. The summed E-state index contributed by atoms with van der Waals surface area (Å²) < 4.78 is 11.8. The molecule has 0 aromatic heterocycles. The molecule has 3 N–H and O–H groups in total. The zero-order valence-electron chi connectivity index (χ0n) is 11.9. The Bertz CT molecular complexity index is 253. The maximum absolute atomic E-state index is 9.73. The lowest BCUT2D eigenvalue weighted by molar-refractivity contribution is -0.191. The molecule has 4 atom stereocenters. The van der Waals surface area contributed by atoms with Crippen LogP contribution in [-0.4, -0.2) is 38.0 Å². The second kappa shape index (κ2) is 4.97. The molecule has 0 unspecified atom stereocenters. The van der Waals surface area contributed by atoms with Crippen molar-refractivity contribution >= 4 is 8.32 Å². The van der Waals surface area contributed by atoms with Crippen LogP contribution in [0.25, 0.3) is 0 Å². The van der Waals surface area contributed by atoms with Crippen LogP contribution in [0.1, 0.15) is 34.1 Å². The van der Waals surface area contributed by atoms with Gasteiger partial charge < -0.3 is 20.0 Å². The van der Waals surface area contributed by atoms with Gasteiger partial charge in [-0.1, -0.05) is 20.8 Å². The lowest BCUT2D eigenvalue weighted by Gasteiger charge is -2.43. The molecule has 1 aliphatic rings. The normalized spacial score (nSPS) is 36.0. The van der Waals surface area contributed by atoms with Crippen molar-refractivity contribution in [3.05, 3.63) is 0 Å². The van der Waals surface area contributed by atoms with E-state index in [-0.39, 0.29) is 23.5 Å². The third kappa shape index (κ3) is 3.51. The van der Waals surface area contributed by atoms with Crippen LogP contribution >= 0.6 is 0 Å². The van der Waals surface area contributed by atoms with E-state index in [9.17, 15) is 5.11 Å². The molecule has 5 heteroatoms. The van der Waals surface area contributed by atoms with Gasteiger partial charge in [-0.05, 0) is 25.1 Å². The molecule has 0 spiro atoms.